The predicted molar refractivity (Wildman–Crippen MR) is 91.4 cm³/mol. The maximum absolute atomic E-state index is 11.4. The molecule has 0 saturated carbocycles. The van der Waals surface area contributed by atoms with Gasteiger partial charge in [-0.05, 0) is 30.2 Å². The molecular formula is C20H18O2. The van der Waals surface area contributed by atoms with Gasteiger partial charge in [0.25, 0.3) is 0 Å². The average molecular weight is 290 g/mol. The molecule has 0 unspecified atom stereocenters. The lowest BCUT2D eigenvalue weighted by molar-refractivity contribution is -0.130. The Morgan fingerprint density at radius 3 is 2.00 bits per heavy atom. The summed E-state index contributed by atoms with van der Waals surface area (Å²) in [7, 11) is 0. The minimum atomic E-state index is -0.408. The Morgan fingerprint density at radius 2 is 1.45 bits per heavy atom. The Morgan fingerprint density at radius 1 is 0.909 bits per heavy atom. The van der Waals surface area contributed by atoms with Gasteiger partial charge in [0.1, 0.15) is 5.75 Å². The van der Waals surface area contributed by atoms with Gasteiger partial charge in [-0.2, -0.15) is 0 Å². The lowest BCUT2D eigenvalue weighted by Gasteiger charge is -2.03. The van der Waals surface area contributed by atoms with E-state index in [1.807, 2.05) is 54.6 Å². The zero-order valence-electron chi connectivity index (χ0n) is 12.5. The SMILES string of the molecule is C=C(C)C(=O)Oc1ccc(C=CC=Cc2ccccc2)cc1. The number of ether oxygens (including phenoxy) is 1. The molecule has 0 aliphatic rings. The van der Waals surface area contributed by atoms with Crippen molar-refractivity contribution < 1.29 is 9.53 Å². The monoisotopic (exact) mass is 290 g/mol. The van der Waals surface area contributed by atoms with Gasteiger partial charge >= 0.3 is 5.97 Å². The first-order valence-corrected chi connectivity index (χ1v) is 7.03. The van der Waals surface area contributed by atoms with Gasteiger partial charge < -0.3 is 4.74 Å². The molecule has 110 valence electrons. The van der Waals surface area contributed by atoms with Crippen LogP contribution >= 0.6 is 0 Å². The third-order valence-corrected chi connectivity index (χ3v) is 2.93. The molecule has 0 N–H and O–H groups in total. The third-order valence-electron chi connectivity index (χ3n) is 2.93. The van der Waals surface area contributed by atoms with Crippen LogP contribution in [-0.2, 0) is 4.79 Å². The van der Waals surface area contributed by atoms with E-state index in [9.17, 15) is 4.79 Å². The molecule has 0 amide bonds. The topological polar surface area (TPSA) is 26.3 Å². The summed E-state index contributed by atoms with van der Waals surface area (Å²) in [5, 5.41) is 0. The molecule has 2 nitrogen and oxygen atoms in total. The molecular weight excluding hydrogens is 272 g/mol. The first-order chi connectivity index (χ1) is 10.6. The average Bonchev–Trinajstić information content (AvgIpc) is 2.54. The van der Waals surface area contributed by atoms with Crippen LogP contribution < -0.4 is 4.74 Å². The lowest BCUT2D eigenvalue weighted by Crippen LogP contribution is -2.07. The number of allylic oxidation sites excluding steroid dienone is 2. The van der Waals surface area contributed by atoms with Gasteiger partial charge in [0.05, 0.1) is 0 Å². The molecule has 2 heteroatoms. The summed E-state index contributed by atoms with van der Waals surface area (Å²) >= 11 is 0. The predicted octanol–water partition coefficient (Wildman–Crippen LogP) is 4.89. The van der Waals surface area contributed by atoms with Crippen molar-refractivity contribution in [2.24, 2.45) is 0 Å². The Labute approximate surface area is 131 Å². The van der Waals surface area contributed by atoms with E-state index in [0.717, 1.165) is 11.1 Å². The first-order valence-electron chi connectivity index (χ1n) is 7.03. The van der Waals surface area contributed by atoms with Crippen molar-refractivity contribution in [2.45, 2.75) is 6.92 Å². The van der Waals surface area contributed by atoms with Crippen molar-refractivity contribution in [1.82, 2.24) is 0 Å². The fourth-order valence-corrected chi connectivity index (χ4v) is 1.74. The van der Waals surface area contributed by atoms with Crippen molar-refractivity contribution >= 4 is 18.1 Å². The highest BCUT2D eigenvalue weighted by atomic mass is 16.5. The van der Waals surface area contributed by atoms with Crippen molar-refractivity contribution in [3.05, 3.63) is 90.0 Å². The molecule has 0 fully saturated rings. The van der Waals surface area contributed by atoms with Gasteiger partial charge in [0, 0.05) is 5.57 Å². The second-order valence-corrected chi connectivity index (χ2v) is 4.87. The van der Waals surface area contributed by atoms with Crippen LogP contribution in [0.3, 0.4) is 0 Å². The minimum Gasteiger partial charge on any atom is -0.423 e. The zero-order chi connectivity index (χ0) is 15.8. The largest absolute Gasteiger partial charge is 0.423 e. The van der Waals surface area contributed by atoms with Crippen LogP contribution in [-0.4, -0.2) is 5.97 Å². The van der Waals surface area contributed by atoms with E-state index >= 15 is 0 Å². The fraction of sp³-hybridized carbons (Fsp3) is 0.0500. The molecule has 0 aliphatic carbocycles. The van der Waals surface area contributed by atoms with Gasteiger partial charge in [-0.1, -0.05) is 73.3 Å². The van der Waals surface area contributed by atoms with Gasteiger partial charge in [0.15, 0.2) is 0 Å². The number of esters is 1. The Balaban J connectivity index is 1.93. The van der Waals surface area contributed by atoms with Crippen LogP contribution in [0, 0.1) is 0 Å². The second kappa shape index (κ2) is 7.79. The van der Waals surface area contributed by atoms with Crippen molar-refractivity contribution in [3.63, 3.8) is 0 Å². The van der Waals surface area contributed by atoms with Crippen molar-refractivity contribution in [1.29, 1.82) is 0 Å². The first kappa shape index (κ1) is 15.5. The lowest BCUT2D eigenvalue weighted by atomic mass is 10.2. The van der Waals surface area contributed by atoms with E-state index in [2.05, 4.69) is 18.7 Å². The van der Waals surface area contributed by atoms with Gasteiger partial charge in [-0.15, -0.1) is 0 Å². The number of hydrogen-bond donors (Lipinski definition) is 0. The molecule has 0 saturated heterocycles. The summed E-state index contributed by atoms with van der Waals surface area (Å²) in [4.78, 5) is 11.4. The molecule has 0 aliphatic heterocycles. The molecule has 0 bridgehead atoms. The molecule has 2 aromatic carbocycles. The highest BCUT2D eigenvalue weighted by Crippen LogP contribution is 2.14. The third kappa shape index (κ3) is 4.91. The number of carbonyl (C=O) groups excluding carboxylic acids is 1. The quantitative estimate of drug-likeness (QED) is 0.339. The summed E-state index contributed by atoms with van der Waals surface area (Å²) < 4.78 is 5.14. The van der Waals surface area contributed by atoms with E-state index in [1.165, 1.54) is 0 Å². The summed E-state index contributed by atoms with van der Waals surface area (Å²) in [6.45, 7) is 5.17. The normalized spacial score (nSPS) is 11.0. The summed E-state index contributed by atoms with van der Waals surface area (Å²) in [5.74, 6) is 0.110. The number of benzene rings is 2. The van der Waals surface area contributed by atoms with Crippen LogP contribution in [0.5, 0.6) is 5.75 Å². The summed E-state index contributed by atoms with van der Waals surface area (Å²) in [6.07, 6.45) is 8.00. The Kier molecular flexibility index (Phi) is 5.50. The number of hydrogen-bond acceptors (Lipinski definition) is 2. The van der Waals surface area contributed by atoms with Crippen LogP contribution in [0.15, 0.2) is 78.9 Å². The molecule has 0 atom stereocenters. The Bertz CT molecular complexity index is 692. The fourth-order valence-electron chi connectivity index (χ4n) is 1.74. The highest BCUT2D eigenvalue weighted by molar-refractivity contribution is 5.88. The standard InChI is InChI=1S/C20H18O2/c1-16(2)20(21)22-19-14-12-18(13-15-19)11-7-6-10-17-8-4-3-5-9-17/h3-15H,1H2,2H3. The van der Waals surface area contributed by atoms with Crippen molar-refractivity contribution in [3.8, 4) is 5.75 Å². The maximum Gasteiger partial charge on any atom is 0.338 e. The van der Waals surface area contributed by atoms with Crippen LogP contribution in [0.4, 0.5) is 0 Å². The summed E-state index contributed by atoms with van der Waals surface area (Å²) in [5.41, 5.74) is 2.58. The second-order valence-electron chi connectivity index (χ2n) is 4.87. The van der Waals surface area contributed by atoms with E-state index in [4.69, 9.17) is 4.74 Å². The molecule has 0 radical (unpaired) electrons. The number of rotatable bonds is 5. The molecule has 2 aromatic rings. The van der Waals surface area contributed by atoms with E-state index in [1.54, 1.807) is 19.1 Å². The van der Waals surface area contributed by atoms with Crippen LogP contribution in [0.1, 0.15) is 18.1 Å². The molecule has 0 spiro atoms. The summed E-state index contributed by atoms with van der Waals surface area (Å²) in [6, 6.07) is 17.4. The van der Waals surface area contributed by atoms with Crippen LogP contribution in [0.2, 0.25) is 0 Å². The van der Waals surface area contributed by atoms with E-state index < -0.39 is 5.97 Å². The van der Waals surface area contributed by atoms with E-state index in [-0.39, 0.29) is 0 Å². The molecule has 0 aromatic heterocycles. The number of carbonyl (C=O) groups is 1. The zero-order valence-corrected chi connectivity index (χ0v) is 12.5. The van der Waals surface area contributed by atoms with Gasteiger partial charge in [-0.3, -0.25) is 0 Å². The molecule has 22 heavy (non-hydrogen) atoms. The Hall–Kier alpha value is -2.87. The highest BCUT2D eigenvalue weighted by Gasteiger charge is 2.04. The maximum atomic E-state index is 11.4. The smallest absolute Gasteiger partial charge is 0.338 e. The van der Waals surface area contributed by atoms with Crippen LogP contribution in [0.25, 0.3) is 12.2 Å². The van der Waals surface area contributed by atoms with Gasteiger partial charge in [-0.25, -0.2) is 4.79 Å². The van der Waals surface area contributed by atoms with Crippen molar-refractivity contribution in [2.75, 3.05) is 0 Å². The molecule has 0 heterocycles. The molecule has 2 rings (SSSR count). The van der Waals surface area contributed by atoms with Gasteiger partial charge in [0.2, 0.25) is 0 Å². The minimum absolute atomic E-state index is 0.384. The van der Waals surface area contributed by atoms with E-state index in [0.29, 0.717) is 11.3 Å².